The number of phenols is 1. The van der Waals surface area contributed by atoms with E-state index in [-0.39, 0.29) is 39.9 Å². The van der Waals surface area contributed by atoms with Gasteiger partial charge in [-0.15, -0.1) is 0 Å². The van der Waals surface area contributed by atoms with Crippen molar-refractivity contribution in [3.63, 3.8) is 0 Å². The monoisotopic (exact) mass is 567 g/mol. The van der Waals surface area contributed by atoms with Gasteiger partial charge in [-0.05, 0) is 68.1 Å². The van der Waals surface area contributed by atoms with Gasteiger partial charge in [0.15, 0.2) is 5.82 Å². The molecule has 3 atom stereocenters. The second kappa shape index (κ2) is 9.63. The van der Waals surface area contributed by atoms with Crippen LogP contribution in [0.2, 0.25) is 10.0 Å². The summed E-state index contributed by atoms with van der Waals surface area (Å²) in [6, 6.07) is 11.2. The van der Waals surface area contributed by atoms with Crippen molar-refractivity contribution in [3.05, 3.63) is 52.3 Å². The Hall–Kier alpha value is -2.91. The first kappa shape index (κ1) is 25.1. The van der Waals surface area contributed by atoms with Crippen LogP contribution in [0.3, 0.4) is 0 Å². The molecule has 7 rings (SSSR count). The number of piperazine rings is 1. The molecule has 39 heavy (non-hydrogen) atoms. The molecule has 0 radical (unpaired) electrons. The molecule has 3 saturated heterocycles. The van der Waals surface area contributed by atoms with Crippen molar-refractivity contribution in [2.24, 2.45) is 0 Å². The summed E-state index contributed by atoms with van der Waals surface area (Å²) in [6.45, 7) is 3.08. The minimum absolute atomic E-state index is 0.0102. The van der Waals surface area contributed by atoms with Gasteiger partial charge in [0, 0.05) is 52.6 Å². The van der Waals surface area contributed by atoms with Gasteiger partial charge in [0.1, 0.15) is 23.7 Å². The molecule has 0 aliphatic carbocycles. The summed E-state index contributed by atoms with van der Waals surface area (Å²) in [6.07, 6.45) is 3.17. The fourth-order valence-corrected chi connectivity index (χ4v) is 7.01. The number of ether oxygens (including phenoxy) is 1. The van der Waals surface area contributed by atoms with Gasteiger partial charge in [-0.1, -0.05) is 35.3 Å². The largest absolute Gasteiger partial charge is 0.508 e. The molecule has 3 aromatic carbocycles. The van der Waals surface area contributed by atoms with Crippen LogP contribution in [0.15, 0.2) is 36.4 Å². The van der Waals surface area contributed by atoms with Crippen molar-refractivity contribution in [3.8, 4) is 22.9 Å². The van der Waals surface area contributed by atoms with Crippen LogP contribution in [-0.4, -0.2) is 71.4 Å². The maximum atomic E-state index is 16.7. The summed E-state index contributed by atoms with van der Waals surface area (Å²) in [5.74, 6) is 0.0252. The van der Waals surface area contributed by atoms with E-state index in [0.29, 0.717) is 45.2 Å². The standard InChI is InChI=1S/C29H28Cl2FN5O2/c1-36-7-3-5-17(36)14-39-29-34-27-21(28(35-29)37-13-16-9-18(37)12-33-16)11-23(31)25(26(27)32)20-10-19(38)8-15-4-2-6-22(30)24(15)20/h2,4,6,8,10-11,16-18,33,38H,3,5,7,9,12-14H2,1H3/t16-,17-,18-/m0/s1. The lowest BCUT2D eigenvalue weighted by atomic mass is 9.96. The Labute approximate surface area is 235 Å². The van der Waals surface area contributed by atoms with E-state index in [2.05, 4.69) is 27.1 Å². The fourth-order valence-electron chi connectivity index (χ4n) is 6.43. The molecule has 0 unspecified atom stereocenters. The minimum Gasteiger partial charge on any atom is -0.508 e. The van der Waals surface area contributed by atoms with Crippen LogP contribution in [0, 0.1) is 5.82 Å². The smallest absolute Gasteiger partial charge is 0.319 e. The van der Waals surface area contributed by atoms with Crippen molar-refractivity contribution in [1.29, 1.82) is 0 Å². The van der Waals surface area contributed by atoms with Gasteiger partial charge in [0.25, 0.3) is 0 Å². The highest BCUT2D eigenvalue weighted by atomic mass is 35.5. The van der Waals surface area contributed by atoms with Crippen LogP contribution in [0.1, 0.15) is 19.3 Å². The number of likely N-dealkylation sites (tertiary alicyclic amines) is 1. The van der Waals surface area contributed by atoms with Crippen LogP contribution in [-0.2, 0) is 0 Å². The number of anilines is 1. The molecule has 0 saturated carbocycles. The zero-order valence-electron chi connectivity index (χ0n) is 21.4. The maximum absolute atomic E-state index is 16.7. The zero-order chi connectivity index (χ0) is 26.8. The van der Waals surface area contributed by atoms with Crippen LogP contribution >= 0.6 is 23.2 Å². The van der Waals surface area contributed by atoms with Crippen molar-refractivity contribution in [1.82, 2.24) is 20.2 Å². The molecule has 0 spiro atoms. The van der Waals surface area contributed by atoms with E-state index >= 15 is 4.39 Å². The zero-order valence-corrected chi connectivity index (χ0v) is 22.9. The number of hydrogen-bond donors (Lipinski definition) is 2. The number of hydrogen-bond acceptors (Lipinski definition) is 7. The summed E-state index contributed by atoms with van der Waals surface area (Å²) in [5, 5.41) is 16.4. The van der Waals surface area contributed by atoms with E-state index in [1.807, 2.05) is 6.07 Å². The van der Waals surface area contributed by atoms with Gasteiger partial charge < -0.3 is 25.0 Å². The number of phenolic OH excluding ortho intramolecular Hbond substituents is 1. The molecule has 10 heteroatoms. The molecule has 3 aliphatic heterocycles. The normalized spacial score (nSPS) is 23.0. The molecule has 3 aliphatic rings. The third-order valence-electron chi connectivity index (χ3n) is 8.43. The predicted molar refractivity (Wildman–Crippen MR) is 153 cm³/mol. The molecule has 3 fully saturated rings. The van der Waals surface area contributed by atoms with Crippen LogP contribution in [0.4, 0.5) is 10.2 Å². The molecule has 7 nitrogen and oxygen atoms in total. The average Bonchev–Trinajstić information content (AvgIpc) is 3.65. The first-order valence-electron chi connectivity index (χ1n) is 13.3. The number of fused-ring (bicyclic) bond motifs is 4. The maximum Gasteiger partial charge on any atom is 0.319 e. The molecule has 2 N–H and O–H groups in total. The average molecular weight is 568 g/mol. The van der Waals surface area contributed by atoms with Crippen LogP contribution in [0.5, 0.6) is 11.8 Å². The minimum atomic E-state index is -0.599. The number of aromatic hydroxyl groups is 1. The summed E-state index contributed by atoms with van der Waals surface area (Å²) in [4.78, 5) is 13.9. The summed E-state index contributed by atoms with van der Waals surface area (Å²) in [7, 11) is 2.08. The highest BCUT2D eigenvalue weighted by Gasteiger charge is 2.39. The Bertz CT molecular complexity index is 1620. The first-order chi connectivity index (χ1) is 18.9. The van der Waals surface area contributed by atoms with Gasteiger partial charge in [-0.3, -0.25) is 0 Å². The van der Waals surface area contributed by atoms with Gasteiger partial charge in [-0.25, -0.2) is 4.39 Å². The second-order valence-electron chi connectivity index (χ2n) is 10.8. The van der Waals surface area contributed by atoms with Crippen molar-refractivity contribution < 1.29 is 14.2 Å². The summed E-state index contributed by atoms with van der Waals surface area (Å²) >= 11 is 13.4. The lowest BCUT2D eigenvalue weighted by Gasteiger charge is -2.30. The number of likely N-dealkylation sites (N-methyl/N-ethyl adjacent to an activating group) is 1. The van der Waals surface area contributed by atoms with Crippen LogP contribution < -0.4 is 15.0 Å². The Morgan fingerprint density at radius 2 is 2.05 bits per heavy atom. The highest BCUT2D eigenvalue weighted by Crippen LogP contribution is 2.45. The predicted octanol–water partition coefficient (Wildman–Crippen LogP) is 5.63. The SMILES string of the molecule is CN1CCC[C@H]1COc1nc(N2C[C@@H]3C[C@H]2CN3)c2cc(Cl)c(-c3cc(O)cc4cccc(Cl)c34)c(F)c2n1. The van der Waals surface area contributed by atoms with Gasteiger partial charge in [-0.2, -0.15) is 9.97 Å². The third kappa shape index (κ3) is 4.25. The highest BCUT2D eigenvalue weighted by molar-refractivity contribution is 6.38. The molecule has 0 amide bonds. The quantitative estimate of drug-likeness (QED) is 0.324. The van der Waals surface area contributed by atoms with Gasteiger partial charge >= 0.3 is 6.01 Å². The number of rotatable bonds is 5. The Morgan fingerprint density at radius 3 is 2.79 bits per heavy atom. The molecule has 202 valence electrons. The van der Waals surface area contributed by atoms with Crippen molar-refractivity contribution in [2.75, 3.05) is 38.2 Å². The number of nitrogens with one attached hydrogen (secondary N) is 1. The van der Waals surface area contributed by atoms with E-state index in [4.69, 9.17) is 32.9 Å². The molecule has 2 bridgehead atoms. The van der Waals surface area contributed by atoms with E-state index in [1.165, 1.54) is 6.07 Å². The Morgan fingerprint density at radius 1 is 1.18 bits per heavy atom. The number of nitrogens with zero attached hydrogens (tertiary/aromatic N) is 4. The van der Waals surface area contributed by atoms with Crippen LogP contribution in [0.25, 0.3) is 32.8 Å². The second-order valence-corrected chi connectivity index (χ2v) is 11.7. The van der Waals surface area contributed by atoms with Crippen molar-refractivity contribution in [2.45, 2.75) is 37.4 Å². The van der Waals surface area contributed by atoms with E-state index in [1.54, 1.807) is 24.3 Å². The van der Waals surface area contributed by atoms with Crippen molar-refractivity contribution >= 4 is 50.7 Å². The molecule has 4 heterocycles. The fraction of sp³-hybridized carbons (Fsp3) is 0.379. The third-order valence-corrected chi connectivity index (χ3v) is 9.04. The summed E-state index contributed by atoms with van der Waals surface area (Å²) < 4.78 is 22.8. The lowest BCUT2D eigenvalue weighted by Crippen LogP contribution is -2.44. The molecule has 4 aromatic rings. The van der Waals surface area contributed by atoms with Gasteiger partial charge in [0.05, 0.1) is 5.02 Å². The van der Waals surface area contributed by atoms with E-state index in [9.17, 15) is 5.11 Å². The topological polar surface area (TPSA) is 73.8 Å². The summed E-state index contributed by atoms with van der Waals surface area (Å²) in [5.41, 5.74) is 0.669. The lowest BCUT2D eigenvalue weighted by molar-refractivity contribution is 0.188. The van der Waals surface area contributed by atoms with Gasteiger partial charge in [0.2, 0.25) is 0 Å². The molecule has 1 aromatic heterocycles. The van der Waals surface area contributed by atoms with E-state index < -0.39 is 5.82 Å². The Balaban J connectivity index is 1.41. The number of benzene rings is 3. The number of halogens is 3. The Kier molecular flexibility index (Phi) is 6.19. The number of aromatic nitrogens is 2. The molecular formula is C29H28Cl2FN5O2. The molecular weight excluding hydrogens is 540 g/mol. The first-order valence-corrected chi connectivity index (χ1v) is 14.1. The van der Waals surface area contributed by atoms with E-state index in [0.717, 1.165) is 38.9 Å².